The third-order valence-corrected chi connectivity index (χ3v) is 10.0. The number of ether oxygens (including phenoxy) is 3. The van der Waals surface area contributed by atoms with Gasteiger partial charge in [-0.1, -0.05) is 91.0 Å². The average Bonchev–Trinajstić information content (AvgIpc) is 3.34. The molecule has 67 heavy (non-hydrogen) atoms. The molecule has 0 radical (unpaired) electrons. The molecule has 7 aromatic rings. The van der Waals surface area contributed by atoms with Gasteiger partial charge in [0.05, 0.1) is 21.3 Å². The van der Waals surface area contributed by atoms with Gasteiger partial charge in [-0.15, -0.1) is 0 Å². The molecule has 0 amide bonds. The summed E-state index contributed by atoms with van der Waals surface area (Å²) in [6.07, 6.45) is 0. The lowest BCUT2D eigenvalue weighted by Crippen LogP contribution is -1.96. The molecule has 0 aliphatic heterocycles. The van der Waals surface area contributed by atoms with Crippen LogP contribution in [-0.2, 0) is 0 Å². The lowest BCUT2D eigenvalue weighted by Gasteiger charge is -2.05. The topological polar surface area (TPSA) is 147 Å². The second-order valence-electron chi connectivity index (χ2n) is 15.0. The van der Waals surface area contributed by atoms with Crippen molar-refractivity contribution in [1.82, 2.24) is 0 Å². The standard InChI is InChI=1S/C14H14O2.C14H12O2.2C10H10O2.C9H10O2/c1-15-13-7-3-11(4-8-13)12-5-9-14(16-2)10-6-12;1-9(15)11-3-5-14-8-12(10(2)16)4-6-13(14)7-11;1-7(11)9-3-5-10(6-4-9)8(2)12;1-7(11)9-4-3-5-10(6-9)8(2)12;1-7(10)8-3-5-9(11-2)6-4-8/h3-10H,1-2H3;3-8H,1-2H3;2*3-6H,1-2H3;3-6H,1-2H3. The summed E-state index contributed by atoms with van der Waals surface area (Å²) in [5.74, 6) is 2.71. The van der Waals surface area contributed by atoms with E-state index in [9.17, 15) is 33.6 Å². The minimum Gasteiger partial charge on any atom is -0.497 e. The number of methoxy groups -OCH3 is 3. The second-order valence-corrected chi connectivity index (χ2v) is 15.0. The maximum absolute atomic E-state index is 11.2. The smallest absolute Gasteiger partial charge is 0.159 e. The zero-order valence-corrected chi connectivity index (χ0v) is 39.6. The minimum absolute atomic E-state index is 0.0156. The highest BCUT2D eigenvalue weighted by molar-refractivity contribution is 6.02. The molecule has 0 aliphatic rings. The van der Waals surface area contributed by atoms with Crippen LogP contribution in [0.15, 0.2) is 158 Å². The molecule has 0 aromatic heterocycles. The van der Waals surface area contributed by atoms with Gasteiger partial charge < -0.3 is 14.2 Å². The van der Waals surface area contributed by atoms with E-state index in [1.165, 1.54) is 38.8 Å². The van der Waals surface area contributed by atoms with Crippen molar-refractivity contribution in [2.75, 3.05) is 21.3 Å². The van der Waals surface area contributed by atoms with Gasteiger partial charge in [-0.05, 0) is 137 Å². The summed E-state index contributed by atoms with van der Waals surface area (Å²) in [5, 5.41) is 1.97. The number of ketones is 7. The van der Waals surface area contributed by atoms with Crippen molar-refractivity contribution < 1.29 is 47.8 Å². The lowest BCUT2D eigenvalue weighted by molar-refractivity contribution is 0.1000. The fourth-order valence-electron chi connectivity index (χ4n) is 5.97. The second kappa shape index (κ2) is 26.6. The van der Waals surface area contributed by atoms with Crippen molar-refractivity contribution >= 4 is 51.3 Å². The van der Waals surface area contributed by atoms with Crippen LogP contribution in [0.4, 0.5) is 0 Å². The van der Waals surface area contributed by atoms with E-state index < -0.39 is 0 Å². The summed E-state index contributed by atoms with van der Waals surface area (Å²) < 4.78 is 15.2. The summed E-state index contributed by atoms with van der Waals surface area (Å²) in [7, 11) is 4.94. The zero-order chi connectivity index (χ0) is 49.6. The van der Waals surface area contributed by atoms with Gasteiger partial charge in [-0.2, -0.15) is 0 Å². The van der Waals surface area contributed by atoms with Crippen molar-refractivity contribution in [3.8, 4) is 28.4 Å². The Morgan fingerprint density at radius 1 is 0.269 bits per heavy atom. The van der Waals surface area contributed by atoms with Crippen LogP contribution in [0.1, 0.15) is 121 Å². The number of fused-ring (bicyclic) bond motifs is 1. The Morgan fingerprint density at radius 3 is 0.746 bits per heavy atom. The summed E-state index contributed by atoms with van der Waals surface area (Å²) >= 11 is 0. The number of carbonyl (C=O) groups is 7. The normalized spacial score (nSPS) is 9.76. The van der Waals surface area contributed by atoms with E-state index in [2.05, 4.69) is 0 Å². The number of hydrogen-bond acceptors (Lipinski definition) is 10. The molecule has 0 N–H and O–H groups in total. The van der Waals surface area contributed by atoms with Crippen LogP contribution in [0, 0.1) is 0 Å². The number of carbonyl (C=O) groups excluding carboxylic acids is 7. The van der Waals surface area contributed by atoms with Crippen LogP contribution in [0.25, 0.3) is 21.9 Å². The van der Waals surface area contributed by atoms with Crippen LogP contribution in [0.3, 0.4) is 0 Å². The maximum Gasteiger partial charge on any atom is 0.159 e. The Kier molecular flexibility index (Phi) is 21.2. The Bertz CT molecular complexity index is 2640. The van der Waals surface area contributed by atoms with Crippen molar-refractivity contribution in [3.63, 3.8) is 0 Å². The third-order valence-electron chi connectivity index (χ3n) is 10.0. The van der Waals surface area contributed by atoms with Crippen molar-refractivity contribution in [3.05, 3.63) is 197 Å². The van der Waals surface area contributed by atoms with Crippen LogP contribution in [0.5, 0.6) is 17.2 Å². The van der Waals surface area contributed by atoms with Gasteiger partial charge in [-0.3, -0.25) is 33.6 Å². The summed E-state index contributed by atoms with van der Waals surface area (Å²) in [4.78, 5) is 76.7. The first-order valence-electron chi connectivity index (χ1n) is 21.1. The molecule has 0 fully saturated rings. The Hall–Kier alpha value is -8.11. The van der Waals surface area contributed by atoms with E-state index in [1.54, 1.807) is 127 Å². The Labute approximate surface area is 392 Å². The van der Waals surface area contributed by atoms with Gasteiger partial charge >= 0.3 is 0 Å². The molecule has 0 bridgehead atoms. The summed E-state index contributed by atoms with van der Waals surface area (Å²) in [6, 6.07) is 47.5. The molecule has 0 unspecified atom stereocenters. The monoisotopic (exact) mass is 900 g/mol. The molecule has 0 atom stereocenters. The predicted molar refractivity (Wildman–Crippen MR) is 265 cm³/mol. The first-order valence-corrected chi connectivity index (χ1v) is 21.1. The highest BCUT2D eigenvalue weighted by Gasteiger charge is 2.06. The number of hydrogen-bond donors (Lipinski definition) is 0. The highest BCUT2D eigenvalue weighted by atomic mass is 16.5. The average molecular weight is 901 g/mol. The van der Waals surface area contributed by atoms with E-state index in [0.29, 0.717) is 38.9 Å². The zero-order valence-electron chi connectivity index (χ0n) is 39.6. The Morgan fingerprint density at radius 2 is 0.493 bits per heavy atom. The molecule has 0 spiro atoms. The van der Waals surface area contributed by atoms with E-state index in [0.717, 1.165) is 28.0 Å². The van der Waals surface area contributed by atoms with Crippen molar-refractivity contribution in [2.24, 2.45) is 0 Å². The fraction of sp³-hybridized carbons (Fsp3) is 0.175. The predicted octanol–water partition coefficient (Wildman–Crippen LogP) is 12.7. The first kappa shape index (κ1) is 53.2. The van der Waals surface area contributed by atoms with Crippen molar-refractivity contribution in [1.29, 1.82) is 0 Å². The minimum atomic E-state index is -0.0156. The molecule has 10 heteroatoms. The van der Waals surface area contributed by atoms with E-state index in [-0.39, 0.29) is 40.5 Å². The maximum atomic E-state index is 11.2. The highest BCUT2D eigenvalue weighted by Crippen LogP contribution is 2.24. The molecule has 0 saturated carbocycles. The van der Waals surface area contributed by atoms with Gasteiger partial charge in [-0.25, -0.2) is 0 Å². The van der Waals surface area contributed by atoms with Crippen LogP contribution in [0.2, 0.25) is 0 Å². The van der Waals surface area contributed by atoms with Crippen LogP contribution in [-0.4, -0.2) is 61.8 Å². The number of Topliss-reactive ketones (excluding diaryl/α,β-unsaturated/α-hetero) is 7. The van der Waals surface area contributed by atoms with Crippen LogP contribution < -0.4 is 14.2 Å². The quantitative estimate of drug-likeness (QED) is 0.115. The van der Waals surface area contributed by atoms with Gasteiger partial charge in [0.15, 0.2) is 40.5 Å². The SMILES string of the molecule is CC(=O)c1ccc(C(C)=O)cc1.CC(=O)c1ccc2cc(C(C)=O)ccc2c1.CC(=O)c1cccc(C(C)=O)c1.COc1ccc(-c2ccc(OC)cc2)cc1.COc1ccc(C(C)=O)cc1. The fourth-order valence-corrected chi connectivity index (χ4v) is 5.97. The van der Waals surface area contributed by atoms with Gasteiger partial charge in [0.2, 0.25) is 0 Å². The molecular formula is C57H56O10. The van der Waals surface area contributed by atoms with Gasteiger partial charge in [0.25, 0.3) is 0 Å². The number of rotatable bonds is 11. The summed E-state index contributed by atoms with van der Waals surface area (Å²) in [5.41, 5.74) is 6.90. The molecule has 344 valence electrons. The van der Waals surface area contributed by atoms with E-state index in [1.807, 2.05) is 72.8 Å². The molecule has 0 saturated heterocycles. The van der Waals surface area contributed by atoms with Gasteiger partial charge in [0, 0.05) is 38.9 Å². The number of benzene rings is 7. The largest absolute Gasteiger partial charge is 0.497 e. The summed E-state index contributed by atoms with van der Waals surface area (Å²) in [6.45, 7) is 10.6. The van der Waals surface area contributed by atoms with E-state index in [4.69, 9.17) is 14.2 Å². The van der Waals surface area contributed by atoms with Gasteiger partial charge in [0.1, 0.15) is 17.2 Å². The molecule has 7 rings (SSSR count). The van der Waals surface area contributed by atoms with Crippen LogP contribution >= 0.6 is 0 Å². The molecule has 0 heterocycles. The molecule has 0 aliphatic carbocycles. The third kappa shape index (κ3) is 17.4. The van der Waals surface area contributed by atoms with E-state index >= 15 is 0 Å². The van der Waals surface area contributed by atoms with Crippen molar-refractivity contribution in [2.45, 2.75) is 48.5 Å². The molecular weight excluding hydrogens is 845 g/mol. The lowest BCUT2D eigenvalue weighted by atomic mass is 10.0. The Balaban J connectivity index is 0.000000224. The molecule has 7 aromatic carbocycles. The first-order chi connectivity index (χ1) is 31.9. The molecule has 10 nitrogen and oxygen atoms in total.